The summed E-state index contributed by atoms with van der Waals surface area (Å²) in [4.78, 5) is 7.40. The SMILES string of the molecule is CCOCCCNC(=NCC(C(C)C)N1CCOCC1)NCCc1ccco1.I. The van der Waals surface area contributed by atoms with Crippen LogP contribution in [0, 0.1) is 5.92 Å². The Kier molecular flexibility index (Phi) is 14.4. The van der Waals surface area contributed by atoms with Crippen molar-refractivity contribution in [2.24, 2.45) is 10.9 Å². The molecule has 1 aromatic heterocycles. The summed E-state index contributed by atoms with van der Waals surface area (Å²) in [5.41, 5.74) is 0. The summed E-state index contributed by atoms with van der Waals surface area (Å²) in [6.07, 6.45) is 3.51. The molecule has 0 radical (unpaired) electrons. The highest BCUT2D eigenvalue weighted by Crippen LogP contribution is 2.13. The third kappa shape index (κ3) is 10.7. The lowest BCUT2D eigenvalue weighted by Gasteiger charge is -2.36. The van der Waals surface area contributed by atoms with Crippen molar-refractivity contribution in [2.45, 2.75) is 39.7 Å². The first-order chi connectivity index (χ1) is 13.7. The number of nitrogens with zero attached hydrogens (tertiary/aromatic N) is 2. The van der Waals surface area contributed by atoms with Gasteiger partial charge in [0.2, 0.25) is 0 Å². The Labute approximate surface area is 193 Å². The van der Waals surface area contributed by atoms with Crippen LogP contribution < -0.4 is 10.6 Å². The molecule has 7 nitrogen and oxygen atoms in total. The van der Waals surface area contributed by atoms with Gasteiger partial charge in [0.25, 0.3) is 0 Å². The van der Waals surface area contributed by atoms with E-state index in [1.54, 1.807) is 6.26 Å². The quantitative estimate of drug-likeness (QED) is 0.191. The molecule has 8 heteroatoms. The van der Waals surface area contributed by atoms with E-state index in [4.69, 9.17) is 18.9 Å². The first-order valence-corrected chi connectivity index (χ1v) is 10.6. The number of hydrogen-bond donors (Lipinski definition) is 2. The molecule has 0 bridgehead atoms. The molecule has 2 N–H and O–H groups in total. The zero-order chi connectivity index (χ0) is 20.0. The minimum atomic E-state index is 0. The van der Waals surface area contributed by atoms with Crippen molar-refractivity contribution in [1.29, 1.82) is 0 Å². The van der Waals surface area contributed by atoms with Gasteiger partial charge < -0.3 is 24.5 Å². The molecule has 168 valence electrons. The average molecular weight is 522 g/mol. The summed E-state index contributed by atoms with van der Waals surface area (Å²) in [5.74, 6) is 2.39. The highest BCUT2D eigenvalue weighted by molar-refractivity contribution is 14.0. The van der Waals surface area contributed by atoms with Gasteiger partial charge in [-0.05, 0) is 31.4 Å². The first-order valence-electron chi connectivity index (χ1n) is 10.6. The van der Waals surface area contributed by atoms with Gasteiger partial charge in [-0.2, -0.15) is 0 Å². The molecule has 0 saturated carbocycles. The molecule has 0 aromatic carbocycles. The molecule has 1 aliphatic heterocycles. The Balaban J connectivity index is 0.00000420. The van der Waals surface area contributed by atoms with Crippen molar-refractivity contribution in [2.75, 3.05) is 59.2 Å². The van der Waals surface area contributed by atoms with E-state index in [0.29, 0.717) is 12.0 Å². The number of nitrogens with one attached hydrogen (secondary N) is 2. The van der Waals surface area contributed by atoms with Crippen LogP contribution in [0.15, 0.2) is 27.8 Å². The van der Waals surface area contributed by atoms with E-state index in [1.165, 1.54) is 0 Å². The monoisotopic (exact) mass is 522 g/mol. The zero-order valence-electron chi connectivity index (χ0n) is 18.2. The molecule has 1 aromatic rings. The van der Waals surface area contributed by atoms with Crippen molar-refractivity contribution < 1.29 is 13.9 Å². The van der Waals surface area contributed by atoms with Crippen molar-refractivity contribution >= 4 is 29.9 Å². The van der Waals surface area contributed by atoms with Crippen molar-refractivity contribution in [3.63, 3.8) is 0 Å². The number of rotatable bonds is 12. The van der Waals surface area contributed by atoms with Crippen LogP contribution >= 0.6 is 24.0 Å². The van der Waals surface area contributed by atoms with E-state index in [2.05, 4.69) is 29.4 Å². The fourth-order valence-corrected chi connectivity index (χ4v) is 3.30. The van der Waals surface area contributed by atoms with Gasteiger partial charge in [0, 0.05) is 51.9 Å². The smallest absolute Gasteiger partial charge is 0.191 e. The maximum absolute atomic E-state index is 5.51. The summed E-state index contributed by atoms with van der Waals surface area (Å²) in [5, 5.41) is 6.88. The van der Waals surface area contributed by atoms with Crippen LogP contribution in [0.25, 0.3) is 0 Å². The van der Waals surface area contributed by atoms with Gasteiger partial charge >= 0.3 is 0 Å². The molecular formula is C21H39IN4O3. The Morgan fingerprint density at radius 2 is 2.00 bits per heavy atom. The number of morpholine rings is 1. The number of halogens is 1. The van der Waals surface area contributed by atoms with Crippen molar-refractivity contribution in [3.8, 4) is 0 Å². The van der Waals surface area contributed by atoms with Gasteiger partial charge in [0.15, 0.2) is 5.96 Å². The molecule has 29 heavy (non-hydrogen) atoms. The van der Waals surface area contributed by atoms with Crippen LogP contribution in [0.3, 0.4) is 0 Å². The molecular weight excluding hydrogens is 483 g/mol. The van der Waals surface area contributed by atoms with Crippen LogP contribution in [0.5, 0.6) is 0 Å². The fourth-order valence-electron chi connectivity index (χ4n) is 3.30. The van der Waals surface area contributed by atoms with Gasteiger partial charge in [0.1, 0.15) is 5.76 Å². The Morgan fingerprint density at radius 1 is 1.24 bits per heavy atom. The summed E-state index contributed by atoms with van der Waals surface area (Å²) in [6, 6.07) is 4.35. The molecule has 1 atom stereocenters. The number of aliphatic imine (C=N–C) groups is 1. The summed E-state index contributed by atoms with van der Waals surface area (Å²) in [7, 11) is 0. The standard InChI is InChI=1S/C21H38N4O3.HI/c1-4-26-13-6-9-22-21(23-10-8-19-7-5-14-28-19)24-17-20(18(2)3)25-11-15-27-16-12-25;/h5,7,14,18,20H,4,6,8-13,15-17H2,1-3H3,(H2,22,23,24);1H. The normalized spacial score (nSPS) is 16.5. The second-order valence-electron chi connectivity index (χ2n) is 7.38. The lowest BCUT2D eigenvalue weighted by Crippen LogP contribution is -2.48. The van der Waals surface area contributed by atoms with Crippen LogP contribution in [-0.2, 0) is 15.9 Å². The third-order valence-electron chi connectivity index (χ3n) is 4.93. The van der Waals surface area contributed by atoms with E-state index in [-0.39, 0.29) is 24.0 Å². The third-order valence-corrected chi connectivity index (χ3v) is 4.93. The maximum atomic E-state index is 5.51. The maximum Gasteiger partial charge on any atom is 0.191 e. The molecule has 1 aliphatic rings. The van der Waals surface area contributed by atoms with E-state index in [9.17, 15) is 0 Å². The predicted molar refractivity (Wildman–Crippen MR) is 128 cm³/mol. The Morgan fingerprint density at radius 3 is 2.66 bits per heavy atom. The van der Waals surface area contributed by atoms with Gasteiger partial charge in [-0.3, -0.25) is 9.89 Å². The second-order valence-corrected chi connectivity index (χ2v) is 7.38. The minimum Gasteiger partial charge on any atom is -0.469 e. The summed E-state index contributed by atoms with van der Waals surface area (Å²) >= 11 is 0. The van der Waals surface area contributed by atoms with Gasteiger partial charge in [-0.1, -0.05) is 13.8 Å². The van der Waals surface area contributed by atoms with Crippen LogP contribution in [0.1, 0.15) is 33.0 Å². The van der Waals surface area contributed by atoms with E-state index < -0.39 is 0 Å². The lowest BCUT2D eigenvalue weighted by atomic mass is 10.0. The highest BCUT2D eigenvalue weighted by atomic mass is 127. The summed E-state index contributed by atoms with van der Waals surface area (Å²) in [6.45, 7) is 14.1. The second kappa shape index (κ2) is 15.9. The van der Waals surface area contributed by atoms with E-state index >= 15 is 0 Å². The molecule has 2 rings (SSSR count). The van der Waals surface area contributed by atoms with Crippen LogP contribution in [-0.4, -0.2) is 76.1 Å². The molecule has 0 aliphatic carbocycles. The van der Waals surface area contributed by atoms with Crippen LogP contribution in [0.2, 0.25) is 0 Å². The lowest BCUT2D eigenvalue weighted by molar-refractivity contribution is 0.00867. The van der Waals surface area contributed by atoms with E-state index in [0.717, 1.165) is 83.7 Å². The topological polar surface area (TPSA) is 71.3 Å². The van der Waals surface area contributed by atoms with Gasteiger partial charge in [0.05, 0.1) is 26.0 Å². The number of guanidine groups is 1. The molecule has 0 spiro atoms. The molecule has 2 heterocycles. The minimum absolute atomic E-state index is 0. The zero-order valence-corrected chi connectivity index (χ0v) is 20.5. The Bertz CT molecular complexity index is 534. The van der Waals surface area contributed by atoms with Gasteiger partial charge in [-0.25, -0.2) is 0 Å². The van der Waals surface area contributed by atoms with Crippen molar-refractivity contribution in [3.05, 3.63) is 24.2 Å². The largest absolute Gasteiger partial charge is 0.469 e. The predicted octanol–water partition coefficient (Wildman–Crippen LogP) is 2.76. The molecule has 1 fully saturated rings. The van der Waals surface area contributed by atoms with Crippen molar-refractivity contribution in [1.82, 2.24) is 15.5 Å². The average Bonchev–Trinajstić information content (AvgIpc) is 3.21. The Hall–Kier alpha value is -0.840. The highest BCUT2D eigenvalue weighted by Gasteiger charge is 2.23. The van der Waals surface area contributed by atoms with Crippen LogP contribution in [0.4, 0.5) is 0 Å². The molecule has 1 unspecified atom stereocenters. The first kappa shape index (κ1) is 26.2. The number of hydrogen-bond acceptors (Lipinski definition) is 5. The fraction of sp³-hybridized carbons (Fsp3) is 0.762. The van der Waals surface area contributed by atoms with Gasteiger partial charge in [-0.15, -0.1) is 24.0 Å². The summed E-state index contributed by atoms with van der Waals surface area (Å²) < 4.78 is 16.3. The number of ether oxygens (including phenoxy) is 2. The number of furan rings is 1. The van der Waals surface area contributed by atoms with E-state index in [1.807, 2.05) is 19.1 Å². The molecule has 0 amide bonds. The molecule has 1 saturated heterocycles.